The van der Waals surface area contributed by atoms with Crippen LogP contribution in [-0.4, -0.2) is 10.1 Å². The number of thiophene rings is 1. The third kappa shape index (κ3) is 1.72. The maximum Gasteiger partial charge on any atom is 0.268 e. The van der Waals surface area contributed by atoms with Crippen molar-refractivity contribution in [2.24, 2.45) is 0 Å². The molecule has 5 nitrogen and oxygen atoms in total. The molecule has 3 aromatic rings. The Morgan fingerprint density at radius 3 is 2.82 bits per heavy atom. The zero-order valence-electron chi connectivity index (χ0n) is 9.01. The highest BCUT2D eigenvalue weighted by molar-refractivity contribution is 7.19. The molecule has 0 aliphatic rings. The smallest absolute Gasteiger partial charge is 0.268 e. The molecule has 6 heteroatoms. The molecule has 0 fully saturated rings. The molecule has 0 amide bonds. The Balaban J connectivity index is 2.01. The van der Waals surface area contributed by atoms with Crippen LogP contribution in [0, 0.1) is 6.92 Å². The van der Waals surface area contributed by atoms with Gasteiger partial charge in [0.1, 0.15) is 0 Å². The second-order valence-electron chi connectivity index (χ2n) is 3.56. The van der Waals surface area contributed by atoms with E-state index in [9.17, 15) is 0 Å². The van der Waals surface area contributed by atoms with Crippen molar-refractivity contribution in [3.8, 4) is 22.4 Å². The van der Waals surface area contributed by atoms with Crippen molar-refractivity contribution in [3.05, 3.63) is 30.0 Å². The van der Waals surface area contributed by atoms with Gasteiger partial charge < -0.3 is 14.7 Å². The lowest BCUT2D eigenvalue weighted by Crippen LogP contribution is -1.79. The van der Waals surface area contributed by atoms with Crippen molar-refractivity contribution in [1.29, 1.82) is 0 Å². The zero-order valence-corrected chi connectivity index (χ0v) is 9.82. The number of aryl methyl sites for hydroxylation is 1. The molecule has 0 unspecified atom stereocenters. The molecule has 0 saturated heterocycles. The van der Waals surface area contributed by atoms with Gasteiger partial charge in [-0.3, -0.25) is 0 Å². The van der Waals surface area contributed by atoms with Gasteiger partial charge in [0.2, 0.25) is 5.82 Å². The molecule has 0 aliphatic heterocycles. The zero-order chi connectivity index (χ0) is 11.8. The Bertz CT molecular complexity index is 653. The molecule has 0 atom stereocenters. The van der Waals surface area contributed by atoms with Crippen LogP contribution in [0.4, 0.5) is 5.00 Å². The van der Waals surface area contributed by atoms with E-state index < -0.39 is 0 Å². The summed E-state index contributed by atoms with van der Waals surface area (Å²) in [7, 11) is 0. The summed E-state index contributed by atoms with van der Waals surface area (Å²) in [5.74, 6) is 1.54. The van der Waals surface area contributed by atoms with Crippen molar-refractivity contribution in [2.45, 2.75) is 6.92 Å². The Morgan fingerprint density at radius 1 is 1.29 bits per heavy atom. The van der Waals surface area contributed by atoms with Crippen molar-refractivity contribution >= 4 is 16.3 Å². The van der Waals surface area contributed by atoms with Gasteiger partial charge in [-0.05, 0) is 30.7 Å². The first kappa shape index (κ1) is 10.1. The average Bonchev–Trinajstić information content (AvgIpc) is 2.97. The van der Waals surface area contributed by atoms with Crippen LogP contribution in [0.1, 0.15) is 5.56 Å². The summed E-state index contributed by atoms with van der Waals surface area (Å²) >= 11 is 1.41. The van der Waals surface area contributed by atoms with Gasteiger partial charge in [-0.2, -0.15) is 4.98 Å². The van der Waals surface area contributed by atoms with E-state index in [1.807, 2.05) is 25.1 Å². The van der Waals surface area contributed by atoms with Gasteiger partial charge >= 0.3 is 0 Å². The fourth-order valence-corrected chi connectivity index (χ4v) is 2.18. The maximum absolute atomic E-state index is 5.65. The van der Waals surface area contributed by atoms with Crippen LogP contribution < -0.4 is 5.73 Å². The van der Waals surface area contributed by atoms with Crippen LogP contribution in [0.3, 0.4) is 0 Å². The number of nitrogen functional groups attached to an aromatic ring is 1. The molecule has 86 valence electrons. The molecule has 0 aromatic carbocycles. The third-order valence-corrected chi connectivity index (χ3v) is 3.23. The Morgan fingerprint density at radius 2 is 2.18 bits per heavy atom. The third-order valence-electron chi connectivity index (χ3n) is 2.33. The number of furan rings is 1. The quantitative estimate of drug-likeness (QED) is 0.753. The van der Waals surface area contributed by atoms with Crippen LogP contribution in [0.15, 0.2) is 33.4 Å². The number of hydrogen-bond acceptors (Lipinski definition) is 6. The van der Waals surface area contributed by atoms with Gasteiger partial charge in [0.15, 0.2) is 5.76 Å². The molecule has 3 rings (SSSR count). The lowest BCUT2D eigenvalue weighted by Gasteiger charge is -1.87. The van der Waals surface area contributed by atoms with E-state index in [-0.39, 0.29) is 0 Å². The van der Waals surface area contributed by atoms with E-state index in [0.29, 0.717) is 22.5 Å². The number of aromatic nitrogens is 2. The van der Waals surface area contributed by atoms with Crippen LogP contribution in [-0.2, 0) is 0 Å². The van der Waals surface area contributed by atoms with Gasteiger partial charge in [-0.25, -0.2) is 0 Å². The van der Waals surface area contributed by atoms with Gasteiger partial charge in [-0.15, -0.1) is 11.3 Å². The van der Waals surface area contributed by atoms with Gasteiger partial charge in [0, 0.05) is 0 Å². The standard InChI is InChI=1S/C11H9N3O2S/c1-6-4-5-15-9(6)10-13-11(16-14-10)7-2-3-8(12)17-7/h2-5H,12H2,1H3. The highest BCUT2D eigenvalue weighted by Crippen LogP contribution is 2.30. The second kappa shape index (κ2) is 3.74. The minimum absolute atomic E-state index is 0.453. The van der Waals surface area contributed by atoms with Crippen molar-refractivity contribution in [3.63, 3.8) is 0 Å². The van der Waals surface area contributed by atoms with Crippen LogP contribution in [0.25, 0.3) is 22.4 Å². The first-order valence-electron chi connectivity index (χ1n) is 4.98. The highest BCUT2D eigenvalue weighted by atomic mass is 32.1. The van der Waals surface area contributed by atoms with E-state index in [2.05, 4.69) is 10.1 Å². The minimum atomic E-state index is 0.453. The van der Waals surface area contributed by atoms with Crippen molar-refractivity contribution in [2.75, 3.05) is 5.73 Å². The molecule has 2 N–H and O–H groups in total. The van der Waals surface area contributed by atoms with Crippen LogP contribution in [0.2, 0.25) is 0 Å². The topological polar surface area (TPSA) is 78.1 Å². The Kier molecular flexibility index (Phi) is 2.22. The number of rotatable bonds is 2. The lowest BCUT2D eigenvalue weighted by atomic mass is 10.3. The fourth-order valence-electron chi connectivity index (χ4n) is 1.49. The maximum atomic E-state index is 5.65. The van der Waals surface area contributed by atoms with E-state index >= 15 is 0 Å². The predicted molar refractivity (Wildman–Crippen MR) is 64.5 cm³/mol. The molecule has 0 aliphatic carbocycles. The van der Waals surface area contributed by atoms with E-state index in [1.165, 1.54) is 11.3 Å². The summed E-state index contributed by atoms with van der Waals surface area (Å²) in [5.41, 5.74) is 6.63. The highest BCUT2D eigenvalue weighted by Gasteiger charge is 2.15. The molecule has 0 bridgehead atoms. The Hall–Kier alpha value is -2.08. The van der Waals surface area contributed by atoms with Crippen molar-refractivity contribution < 1.29 is 8.94 Å². The fraction of sp³-hybridized carbons (Fsp3) is 0.0909. The van der Waals surface area contributed by atoms with Crippen LogP contribution in [0.5, 0.6) is 0 Å². The van der Waals surface area contributed by atoms with E-state index in [1.54, 1.807) is 6.26 Å². The lowest BCUT2D eigenvalue weighted by molar-refractivity contribution is 0.430. The first-order valence-corrected chi connectivity index (χ1v) is 5.79. The van der Waals surface area contributed by atoms with E-state index in [4.69, 9.17) is 14.7 Å². The molecule has 17 heavy (non-hydrogen) atoms. The monoisotopic (exact) mass is 247 g/mol. The predicted octanol–water partition coefficient (Wildman–Crippen LogP) is 2.95. The molecular formula is C11H9N3O2S. The Labute approximate surface area is 101 Å². The summed E-state index contributed by atoms with van der Waals surface area (Å²) in [5, 5.41) is 4.61. The number of nitrogens with two attached hydrogens (primary N) is 1. The molecule has 0 saturated carbocycles. The summed E-state index contributed by atoms with van der Waals surface area (Å²) < 4.78 is 10.5. The number of hydrogen-bond donors (Lipinski definition) is 1. The summed E-state index contributed by atoms with van der Waals surface area (Å²) in [6.07, 6.45) is 1.60. The molecule has 0 radical (unpaired) electrons. The molecular weight excluding hydrogens is 238 g/mol. The molecule has 3 heterocycles. The largest absolute Gasteiger partial charge is 0.461 e. The first-order chi connectivity index (χ1) is 8.24. The summed E-state index contributed by atoms with van der Waals surface area (Å²) in [6, 6.07) is 5.52. The number of anilines is 1. The molecule has 0 spiro atoms. The minimum Gasteiger partial charge on any atom is -0.461 e. The van der Waals surface area contributed by atoms with Crippen molar-refractivity contribution in [1.82, 2.24) is 10.1 Å². The number of nitrogens with zero attached hydrogens (tertiary/aromatic N) is 2. The second-order valence-corrected chi connectivity index (χ2v) is 4.67. The molecule has 3 aromatic heterocycles. The van der Waals surface area contributed by atoms with E-state index in [0.717, 1.165) is 10.4 Å². The van der Waals surface area contributed by atoms with Gasteiger partial charge in [-0.1, -0.05) is 5.16 Å². The normalized spacial score (nSPS) is 10.9. The van der Waals surface area contributed by atoms with Gasteiger partial charge in [0.05, 0.1) is 16.1 Å². The summed E-state index contributed by atoms with van der Waals surface area (Å²) in [6.45, 7) is 1.93. The average molecular weight is 247 g/mol. The SMILES string of the molecule is Cc1ccoc1-c1noc(-c2ccc(N)s2)n1. The van der Waals surface area contributed by atoms with Crippen LogP contribution >= 0.6 is 11.3 Å². The van der Waals surface area contributed by atoms with Gasteiger partial charge in [0.25, 0.3) is 5.89 Å². The summed E-state index contributed by atoms with van der Waals surface area (Å²) in [4.78, 5) is 5.13.